The molecule has 152 valence electrons. The van der Waals surface area contributed by atoms with Crippen LogP contribution in [0, 0.1) is 6.92 Å². The number of para-hydroxylation sites is 2. The maximum absolute atomic E-state index is 12.7. The number of aryl methyl sites for hydroxylation is 1. The highest BCUT2D eigenvalue weighted by Crippen LogP contribution is 2.32. The van der Waals surface area contributed by atoms with Gasteiger partial charge in [-0.15, -0.1) is 0 Å². The molecule has 0 radical (unpaired) electrons. The lowest BCUT2D eigenvalue weighted by Crippen LogP contribution is -2.38. The van der Waals surface area contributed by atoms with Gasteiger partial charge in [-0.1, -0.05) is 26.0 Å². The van der Waals surface area contributed by atoms with Crippen molar-refractivity contribution in [3.8, 4) is 17.2 Å². The first-order valence-electron chi connectivity index (χ1n) is 9.56. The fourth-order valence-corrected chi connectivity index (χ4v) is 3.18. The van der Waals surface area contributed by atoms with Crippen LogP contribution in [-0.2, 0) is 4.79 Å². The largest absolute Gasteiger partial charge is 0.496 e. The predicted octanol–water partition coefficient (Wildman–Crippen LogP) is 4.78. The van der Waals surface area contributed by atoms with Crippen molar-refractivity contribution in [2.45, 2.75) is 52.7 Å². The smallest absolute Gasteiger partial charge is 0.261 e. The molecule has 2 rings (SSSR count). The lowest BCUT2D eigenvalue weighted by molar-refractivity contribution is -0.127. The minimum absolute atomic E-state index is 0.153. The molecule has 0 bridgehead atoms. The number of rotatable bonds is 8. The maximum Gasteiger partial charge on any atom is 0.261 e. The molecule has 5 nitrogen and oxygen atoms in total. The summed E-state index contributed by atoms with van der Waals surface area (Å²) in [6.07, 6.45) is -0.651. The van der Waals surface area contributed by atoms with Crippen molar-refractivity contribution in [2.75, 3.05) is 14.2 Å². The van der Waals surface area contributed by atoms with Crippen molar-refractivity contribution in [1.82, 2.24) is 5.32 Å². The molecule has 5 heteroatoms. The summed E-state index contributed by atoms with van der Waals surface area (Å²) < 4.78 is 16.6. The second kappa shape index (κ2) is 9.49. The van der Waals surface area contributed by atoms with Crippen LogP contribution < -0.4 is 19.5 Å². The topological polar surface area (TPSA) is 56.8 Å². The summed E-state index contributed by atoms with van der Waals surface area (Å²) in [6.45, 7) is 9.99. The van der Waals surface area contributed by atoms with Gasteiger partial charge in [0.2, 0.25) is 0 Å². The zero-order valence-corrected chi connectivity index (χ0v) is 17.8. The third kappa shape index (κ3) is 4.97. The van der Waals surface area contributed by atoms with Crippen LogP contribution in [0.2, 0.25) is 0 Å². The van der Waals surface area contributed by atoms with Crippen LogP contribution in [0.5, 0.6) is 17.2 Å². The van der Waals surface area contributed by atoms with E-state index < -0.39 is 6.10 Å². The number of amides is 1. The number of nitrogens with one attached hydrogen (secondary N) is 1. The highest BCUT2D eigenvalue weighted by Gasteiger charge is 2.21. The second-order valence-corrected chi connectivity index (χ2v) is 7.25. The van der Waals surface area contributed by atoms with E-state index in [1.807, 2.05) is 32.0 Å². The second-order valence-electron chi connectivity index (χ2n) is 7.25. The van der Waals surface area contributed by atoms with Gasteiger partial charge in [-0.05, 0) is 67.6 Å². The van der Waals surface area contributed by atoms with Gasteiger partial charge in [0.15, 0.2) is 17.6 Å². The van der Waals surface area contributed by atoms with Crippen molar-refractivity contribution in [2.24, 2.45) is 0 Å². The third-order valence-electron chi connectivity index (χ3n) is 4.81. The number of ether oxygens (including phenoxy) is 3. The lowest BCUT2D eigenvalue weighted by atomic mass is 9.93. The predicted molar refractivity (Wildman–Crippen MR) is 111 cm³/mol. The third-order valence-corrected chi connectivity index (χ3v) is 4.81. The SMILES string of the molecule is COc1ccccc1O[C@H](C)C(=O)N[C@@H](C)c1cc(C(C)C)c(OC)cc1C. The standard InChI is InChI=1S/C23H31NO4/c1-14(2)18-13-19(15(3)12-22(18)27-7)16(4)24-23(25)17(5)28-21-11-9-8-10-20(21)26-6/h8-14,16-17H,1-7H3,(H,24,25)/t16-,17+/m0/s1. The fourth-order valence-electron chi connectivity index (χ4n) is 3.18. The van der Waals surface area contributed by atoms with E-state index in [2.05, 4.69) is 25.2 Å². The van der Waals surface area contributed by atoms with E-state index in [0.717, 1.165) is 22.4 Å². The first-order chi connectivity index (χ1) is 13.3. The van der Waals surface area contributed by atoms with Crippen molar-refractivity contribution < 1.29 is 19.0 Å². The summed E-state index contributed by atoms with van der Waals surface area (Å²) in [5.41, 5.74) is 3.28. The highest BCUT2D eigenvalue weighted by molar-refractivity contribution is 5.81. The Bertz CT molecular complexity index is 816. The molecule has 0 heterocycles. The van der Waals surface area contributed by atoms with Gasteiger partial charge in [-0.2, -0.15) is 0 Å². The van der Waals surface area contributed by atoms with Crippen molar-refractivity contribution >= 4 is 5.91 Å². The van der Waals surface area contributed by atoms with Gasteiger partial charge in [0.1, 0.15) is 5.75 Å². The first kappa shape index (κ1) is 21.6. The number of carbonyl (C=O) groups excluding carboxylic acids is 1. The Hall–Kier alpha value is -2.69. The average Bonchev–Trinajstić information content (AvgIpc) is 2.67. The molecule has 0 aliphatic carbocycles. The van der Waals surface area contributed by atoms with E-state index in [-0.39, 0.29) is 11.9 Å². The van der Waals surface area contributed by atoms with Crippen LogP contribution in [0.15, 0.2) is 36.4 Å². The number of benzene rings is 2. The normalized spacial score (nSPS) is 13.0. The minimum atomic E-state index is -0.651. The van der Waals surface area contributed by atoms with E-state index in [9.17, 15) is 4.79 Å². The van der Waals surface area contributed by atoms with E-state index in [0.29, 0.717) is 17.4 Å². The molecule has 28 heavy (non-hydrogen) atoms. The number of hydrogen-bond acceptors (Lipinski definition) is 4. The monoisotopic (exact) mass is 385 g/mol. The van der Waals surface area contributed by atoms with Gasteiger partial charge < -0.3 is 19.5 Å². The van der Waals surface area contributed by atoms with Crippen LogP contribution in [-0.4, -0.2) is 26.2 Å². The molecule has 2 atom stereocenters. The molecule has 0 aliphatic rings. The lowest BCUT2D eigenvalue weighted by Gasteiger charge is -2.23. The highest BCUT2D eigenvalue weighted by atomic mass is 16.5. The van der Waals surface area contributed by atoms with Crippen molar-refractivity contribution in [3.05, 3.63) is 53.1 Å². The molecule has 0 spiro atoms. The Morgan fingerprint density at radius 3 is 2.07 bits per heavy atom. The molecule has 1 N–H and O–H groups in total. The van der Waals surface area contributed by atoms with Gasteiger partial charge >= 0.3 is 0 Å². The number of hydrogen-bond donors (Lipinski definition) is 1. The molecule has 0 unspecified atom stereocenters. The molecule has 0 aliphatic heterocycles. The zero-order valence-electron chi connectivity index (χ0n) is 17.8. The molecule has 0 saturated heterocycles. The summed E-state index contributed by atoms with van der Waals surface area (Å²) in [5, 5.41) is 3.05. The summed E-state index contributed by atoms with van der Waals surface area (Å²) in [4.78, 5) is 12.7. The van der Waals surface area contributed by atoms with Crippen LogP contribution in [0.25, 0.3) is 0 Å². The Labute approximate surface area is 168 Å². The van der Waals surface area contributed by atoms with Crippen molar-refractivity contribution in [3.63, 3.8) is 0 Å². The summed E-state index contributed by atoms with van der Waals surface area (Å²) in [7, 11) is 3.26. The Morgan fingerprint density at radius 1 is 0.893 bits per heavy atom. The van der Waals surface area contributed by atoms with Gasteiger partial charge in [0.05, 0.1) is 20.3 Å². The Balaban J connectivity index is 2.14. The summed E-state index contributed by atoms with van der Waals surface area (Å²) >= 11 is 0. The Morgan fingerprint density at radius 2 is 1.50 bits per heavy atom. The van der Waals surface area contributed by atoms with Gasteiger partial charge in [0, 0.05) is 0 Å². The molecular formula is C23H31NO4. The van der Waals surface area contributed by atoms with Crippen LogP contribution in [0.1, 0.15) is 56.3 Å². The fraction of sp³-hybridized carbons (Fsp3) is 0.435. The molecule has 2 aromatic rings. The molecule has 0 aromatic heterocycles. The van der Waals surface area contributed by atoms with Crippen LogP contribution in [0.3, 0.4) is 0 Å². The zero-order chi connectivity index (χ0) is 20.8. The molecule has 1 amide bonds. The first-order valence-corrected chi connectivity index (χ1v) is 9.56. The number of carbonyl (C=O) groups is 1. The van der Waals surface area contributed by atoms with Crippen LogP contribution >= 0.6 is 0 Å². The van der Waals surface area contributed by atoms with Crippen molar-refractivity contribution in [1.29, 1.82) is 0 Å². The summed E-state index contributed by atoms with van der Waals surface area (Å²) in [6, 6.07) is 11.3. The quantitative estimate of drug-likeness (QED) is 0.710. The molecule has 0 fully saturated rings. The average molecular weight is 386 g/mol. The molecule has 0 saturated carbocycles. The van der Waals surface area contributed by atoms with Crippen LogP contribution in [0.4, 0.5) is 0 Å². The molecular weight excluding hydrogens is 354 g/mol. The van der Waals surface area contributed by atoms with Gasteiger partial charge in [-0.25, -0.2) is 0 Å². The minimum Gasteiger partial charge on any atom is -0.496 e. The van der Waals surface area contributed by atoms with Gasteiger partial charge in [-0.3, -0.25) is 4.79 Å². The van der Waals surface area contributed by atoms with E-state index in [4.69, 9.17) is 14.2 Å². The van der Waals surface area contributed by atoms with Gasteiger partial charge in [0.25, 0.3) is 5.91 Å². The number of methoxy groups -OCH3 is 2. The van der Waals surface area contributed by atoms with E-state index in [1.54, 1.807) is 33.3 Å². The van der Waals surface area contributed by atoms with E-state index >= 15 is 0 Å². The maximum atomic E-state index is 12.7. The Kier molecular flexibility index (Phi) is 7.32. The van der Waals surface area contributed by atoms with E-state index in [1.165, 1.54) is 0 Å². The molecule has 2 aromatic carbocycles. The summed E-state index contributed by atoms with van der Waals surface area (Å²) in [5.74, 6) is 2.16.